The number of aliphatic hydroxyl groups excluding tert-OH is 2. The lowest BCUT2D eigenvalue weighted by molar-refractivity contribution is 0.170. The number of nitrogens with one attached hydrogen (secondary N) is 1. The van der Waals surface area contributed by atoms with Gasteiger partial charge < -0.3 is 20.3 Å². The molecule has 92 valence electrons. The SMILES string of the molecule is COc1cc(CNC(CO)CO)ccc1C#N. The minimum atomic E-state index is -0.336. The van der Waals surface area contributed by atoms with Crippen LogP contribution in [0.4, 0.5) is 0 Å². The van der Waals surface area contributed by atoms with Crippen molar-refractivity contribution in [2.45, 2.75) is 12.6 Å². The van der Waals surface area contributed by atoms with Crippen molar-refractivity contribution in [1.29, 1.82) is 5.26 Å². The summed E-state index contributed by atoms with van der Waals surface area (Å²) in [5.74, 6) is 0.524. The molecule has 0 aromatic heterocycles. The average Bonchev–Trinajstić information content (AvgIpc) is 2.39. The fourth-order valence-corrected chi connectivity index (χ4v) is 1.39. The van der Waals surface area contributed by atoms with Crippen LogP contribution >= 0.6 is 0 Å². The van der Waals surface area contributed by atoms with Gasteiger partial charge >= 0.3 is 0 Å². The molecular formula is C12H16N2O3. The maximum atomic E-state index is 8.90. The summed E-state index contributed by atoms with van der Waals surface area (Å²) in [5.41, 5.74) is 1.41. The van der Waals surface area contributed by atoms with Gasteiger partial charge in [-0.25, -0.2) is 0 Å². The van der Waals surface area contributed by atoms with Crippen molar-refractivity contribution in [3.8, 4) is 11.8 Å². The molecule has 17 heavy (non-hydrogen) atoms. The topological polar surface area (TPSA) is 85.5 Å². The van der Waals surface area contributed by atoms with E-state index in [0.29, 0.717) is 17.9 Å². The third-order valence-corrected chi connectivity index (χ3v) is 2.42. The molecule has 0 radical (unpaired) electrons. The van der Waals surface area contributed by atoms with Gasteiger partial charge in [0, 0.05) is 6.54 Å². The van der Waals surface area contributed by atoms with Crippen LogP contribution < -0.4 is 10.1 Å². The minimum absolute atomic E-state index is 0.121. The van der Waals surface area contributed by atoms with Crippen molar-refractivity contribution < 1.29 is 14.9 Å². The number of aliphatic hydroxyl groups is 2. The van der Waals surface area contributed by atoms with Gasteiger partial charge in [0.1, 0.15) is 11.8 Å². The molecule has 0 aliphatic rings. The molecule has 3 N–H and O–H groups in total. The van der Waals surface area contributed by atoms with E-state index in [1.807, 2.05) is 6.07 Å². The number of hydrogen-bond donors (Lipinski definition) is 3. The van der Waals surface area contributed by atoms with Gasteiger partial charge in [-0.15, -0.1) is 0 Å². The summed E-state index contributed by atoms with van der Waals surface area (Å²) >= 11 is 0. The Labute approximate surface area is 100 Å². The molecule has 1 aromatic carbocycles. The highest BCUT2D eigenvalue weighted by molar-refractivity contribution is 5.45. The molecule has 5 nitrogen and oxygen atoms in total. The molecule has 0 unspecified atom stereocenters. The minimum Gasteiger partial charge on any atom is -0.495 e. The average molecular weight is 236 g/mol. The Balaban J connectivity index is 2.70. The lowest BCUT2D eigenvalue weighted by Crippen LogP contribution is -2.35. The number of nitrogens with zero attached hydrogens (tertiary/aromatic N) is 1. The van der Waals surface area contributed by atoms with Crippen LogP contribution in [0.5, 0.6) is 5.75 Å². The van der Waals surface area contributed by atoms with Crippen LogP contribution in [-0.2, 0) is 6.54 Å². The van der Waals surface area contributed by atoms with E-state index < -0.39 is 0 Å². The van der Waals surface area contributed by atoms with E-state index >= 15 is 0 Å². The number of rotatable bonds is 6. The zero-order valence-corrected chi connectivity index (χ0v) is 9.68. The van der Waals surface area contributed by atoms with Crippen molar-refractivity contribution >= 4 is 0 Å². The van der Waals surface area contributed by atoms with Crippen molar-refractivity contribution in [1.82, 2.24) is 5.32 Å². The Hall–Kier alpha value is -1.61. The molecule has 0 heterocycles. The molecule has 0 fully saturated rings. The standard InChI is InChI=1S/C12H16N2O3/c1-17-12-4-9(2-3-10(12)5-13)6-14-11(7-15)8-16/h2-4,11,14-16H,6-8H2,1H3. The van der Waals surface area contributed by atoms with Crippen molar-refractivity contribution in [3.63, 3.8) is 0 Å². The second kappa shape index (κ2) is 6.86. The van der Waals surface area contributed by atoms with Crippen LogP contribution in [0.1, 0.15) is 11.1 Å². The van der Waals surface area contributed by atoms with Gasteiger partial charge in [-0.3, -0.25) is 0 Å². The van der Waals surface area contributed by atoms with E-state index in [4.69, 9.17) is 20.2 Å². The van der Waals surface area contributed by atoms with Gasteiger partial charge in [-0.1, -0.05) is 6.07 Å². The van der Waals surface area contributed by atoms with E-state index in [1.165, 1.54) is 7.11 Å². The van der Waals surface area contributed by atoms with E-state index in [0.717, 1.165) is 5.56 Å². The van der Waals surface area contributed by atoms with Gasteiger partial charge in [-0.05, 0) is 17.7 Å². The summed E-state index contributed by atoms with van der Waals surface area (Å²) in [6.45, 7) is 0.252. The highest BCUT2D eigenvalue weighted by Crippen LogP contribution is 2.19. The molecular weight excluding hydrogens is 220 g/mol. The quantitative estimate of drug-likeness (QED) is 0.648. The first kappa shape index (κ1) is 13.5. The number of nitriles is 1. The monoisotopic (exact) mass is 236 g/mol. The molecule has 0 aliphatic carbocycles. The van der Waals surface area contributed by atoms with Crippen molar-refractivity contribution in [3.05, 3.63) is 29.3 Å². The van der Waals surface area contributed by atoms with Crippen LogP contribution in [0.25, 0.3) is 0 Å². The Morgan fingerprint density at radius 2 is 2.12 bits per heavy atom. The summed E-state index contributed by atoms with van der Waals surface area (Å²) in [6, 6.07) is 6.95. The lowest BCUT2D eigenvalue weighted by atomic mass is 10.1. The molecule has 5 heteroatoms. The fraction of sp³-hybridized carbons (Fsp3) is 0.417. The molecule has 0 saturated heterocycles. The van der Waals surface area contributed by atoms with Gasteiger partial charge in [0.2, 0.25) is 0 Å². The van der Waals surface area contributed by atoms with E-state index in [1.54, 1.807) is 18.2 Å². The molecule has 0 atom stereocenters. The van der Waals surface area contributed by atoms with Gasteiger partial charge in [-0.2, -0.15) is 5.26 Å². The Morgan fingerprint density at radius 3 is 2.65 bits per heavy atom. The molecule has 0 aliphatic heterocycles. The zero-order chi connectivity index (χ0) is 12.7. The molecule has 0 saturated carbocycles. The predicted octanol–water partition coefficient (Wildman–Crippen LogP) is 0.00968. The maximum absolute atomic E-state index is 8.90. The normalized spacial score (nSPS) is 10.3. The number of methoxy groups -OCH3 is 1. The number of hydrogen-bond acceptors (Lipinski definition) is 5. The van der Waals surface area contributed by atoms with Gasteiger partial charge in [0.05, 0.1) is 31.9 Å². The third kappa shape index (κ3) is 3.71. The first-order chi connectivity index (χ1) is 8.24. The third-order valence-electron chi connectivity index (χ3n) is 2.42. The first-order valence-electron chi connectivity index (χ1n) is 5.27. The van der Waals surface area contributed by atoms with Gasteiger partial charge in [0.15, 0.2) is 0 Å². The van der Waals surface area contributed by atoms with Crippen LogP contribution in [0.15, 0.2) is 18.2 Å². The molecule has 1 aromatic rings. The van der Waals surface area contributed by atoms with Crippen LogP contribution in [0.3, 0.4) is 0 Å². The smallest absolute Gasteiger partial charge is 0.136 e. The fourth-order valence-electron chi connectivity index (χ4n) is 1.39. The summed E-state index contributed by atoms with van der Waals surface area (Å²) in [7, 11) is 1.51. The highest BCUT2D eigenvalue weighted by Gasteiger charge is 2.07. The number of ether oxygens (including phenoxy) is 1. The van der Waals surface area contributed by atoms with Crippen molar-refractivity contribution in [2.24, 2.45) is 0 Å². The second-order valence-electron chi connectivity index (χ2n) is 3.59. The first-order valence-corrected chi connectivity index (χ1v) is 5.27. The maximum Gasteiger partial charge on any atom is 0.136 e. The Bertz CT molecular complexity index is 397. The second-order valence-corrected chi connectivity index (χ2v) is 3.59. The van der Waals surface area contributed by atoms with E-state index in [2.05, 4.69) is 5.32 Å². The number of benzene rings is 1. The van der Waals surface area contributed by atoms with E-state index in [-0.39, 0.29) is 19.3 Å². The summed E-state index contributed by atoms with van der Waals surface area (Å²) in [4.78, 5) is 0. The predicted molar refractivity (Wildman–Crippen MR) is 62.5 cm³/mol. The highest BCUT2D eigenvalue weighted by atomic mass is 16.5. The summed E-state index contributed by atoms with van der Waals surface area (Å²) in [6.07, 6.45) is 0. The van der Waals surface area contributed by atoms with Crippen LogP contribution in [0.2, 0.25) is 0 Å². The summed E-state index contributed by atoms with van der Waals surface area (Å²) < 4.78 is 5.09. The Kier molecular flexibility index (Phi) is 5.43. The van der Waals surface area contributed by atoms with Gasteiger partial charge in [0.25, 0.3) is 0 Å². The Morgan fingerprint density at radius 1 is 1.41 bits per heavy atom. The molecule has 0 spiro atoms. The van der Waals surface area contributed by atoms with Crippen LogP contribution in [-0.4, -0.2) is 36.6 Å². The van der Waals surface area contributed by atoms with Crippen LogP contribution in [0, 0.1) is 11.3 Å². The molecule has 0 amide bonds. The van der Waals surface area contributed by atoms with Crippen molar-refractivity contribution in [2.75, 3.05) is 20.3 Å². The van der Waals surface area contributed by atoms with E-state index in [9.17, 15) is 0 Å². The lowest BCUT2D eigenvalue weighted by Gasteiger charge is -2.13. The molecule has 0 bridgehead atoms. The largest absolute Gasteiger partial charge is 0.495 e. The summed E-state index contributed by atoms with van der Waals surface area (Å²) in [5, 5.41) is 29.6. The molecule has 1 rings (SSSR count). The zero-order valence-electron chi connectivity index (χ0n) is 9.68.